The summed E-state index contributed by atoms with van der Waals surface area (Å²) in [4.78, 5) is 43.6. The first-order valence-electron chi connectivity index (χ1n) is 17.6. The second kappa shape index (κ2) is 17.7. The zero-order valence-electron chi connectivity index (χ0n) is 31.5. The number of benzene rings is 3. The smallest absolute Gasteiger partial charge is 0.258 e. The lowest BCUT2D eigenvalue weighted by atomic mass is 10.0. The van der Waals surface area contributed by atoms with E-state index in [1.54, 1.807) is 6.92 Å². The number of primary sulfonamides is 1. The lowest BCUT2D eigenvalue weighted by Crippen LogP contribution is -2.42. The third kappa shape index (κ3) is 10.1. The van der Waals surface area contributed by atoms with E-state index < -0.39 is 78.4 Å². The molecule has 5 aromatic rings. The summed E-state index contributed by atoms with van der Waals surface area (Å²) >= 11 is 3.32. The predicted octanol–water partition coefficient (Wildman–Crippen LogP) is 4.30. The molecule has 0 aliphatic carbocycles. The van der Waals surface area contributed by atoms with Gasteiger partial charge in [0.25, 0.3) is 5.91 Å². The fourth-order valence-corrected chi connectivity index (χ4v) is 7.76. The van der Waals surface area contributed by atoms with Crippen molar-refractivity contribution in [3.63, 3.8) is 0 Å². The standard InChI is InChI=1S/C36H35BrF3N11O7S2/c1-18-14-20(60(42,56)57)6-8-25(18)48-36-44-16-22(37)33(50-36)47-26-5-3-4-23(38)28(26)34(53)45-17-58-27-9-7-24(39)30(40)29(27)31(52)21-15-43-35(49-32(21)41)46-19-10-12-51(13-11-19)59(2,54)55/h3-9,14-16,19H,10-13,17H2,1-2H3,(H,45,53)(H2,42,56,57)(H3,41,43,46,49)(H2,44,47,48,50). The van der Waals surface area contributed by atoms with Gasteiger partial charge in [0.05, 0.1) is 32.4 Å². The number of hydrogen-bond acceptors (Lipinski definition) is 15. The van der Waals surface area contributed by atoms with E-state index in [9.17, 15) is 30.8 Å². The highest BCUT2D eigenvalue weighted by Crippen LogP contribution is 2.31. The molecule has 0 radical (unpaired) electrons. The highest BCUT2D eigenvalue weighted by Gasteiger charge is 2.28. The minimum Gasteiger partial charge on any atom is -0.472 e. The normalized spacial score (nSPS) is 13.7. The number of ether oxygens (including phenoxy) is 1. The summed E-state index contributed by atoms with van der Waals surface area (Å²) in [5.74, 6) is -6.78. The Morgan fingerprint density at radius 1 is 0.917 bits per heavy atom. The Bertz CT molecular complexity index is 2730. The SMILES string of the molecule is Cc1cc(S(N)(=O)=O)ccc1Nc1ncc(Br)c(Nc2cccc(F)c2C(=O)NCOc2ccc(F)c(F)c2C(=O)c2cnc(NC3CCN(S(C)(=O)=O)CC3)nc2N)n1. The maximum atomic E-state index is 15.3. The number of piperidine rings is 1. The van der Waals surface area contributed by atoms with Gasteiger partial charge in [-0.2, -0.15) is 9.97 Å². The second-order valence-corrected chi connectivity index (χ2v) is 17.7. The van der Waals surface area contributed by atoms with Crippen LogP contribution in [-0.4, -0.2) is 84.9 Å². The first-order valence-corrected chi connectivity index (χ1v) is 21.7. The van der Waals surface area contributed by atoms with E-state index in [-0.39, 0.29) is 53.2 Å². The second-order valence-electron chi connectivity index (χ2n) is 13.3. The van der Waals surface area contributed by atoms with Crippen LogP contribution in [0.25, 0.3) is 0 Å². The number of amides is 1. The van der Waals surface area contributed by atoms with E-state index >= 15 is 8.78 Å². The Kier molecular flexibility index (Phi) is 12.9. The van der Waals surface area contributed by atoms with Crippen molar-refractivity contribution in [1.82, 2.24) is 29.6 Å². The monoisotopic (exact) mass is 933 g/mol. The molecule has 1 aliphatic rings. The van der Waals surface area contributed by atoms with E-state index in [0.717, 1.165) is 24.6 Å². The number of nitrogen functional groups attached to an aromatic ring is 1. The number of rotatable bonds is 14. The lowest BCUT2D eigenvalue weighted by molar-refractivity contribution is 0.0915. The molecule has 0 unspecified atom stereocenters. The predicted molar refractivity (Wildman–Crippen MR) is 218 cm³/mol. The Morgan fingerprint density at radius 3 is 2.30 bits per heavy atom. The van der Waals surface area contributed by atoms with Gasteiger partial charge < -0.3 is 31.7 Å². The molecule has 0 spiro atoms. The number of aromatic nitrogens is 4. The molecule has 0 bridgehead atoms. The summed E-state index contributed by atoms with van der Waals surface area (Å²) in [6.07, 6.45) is 4.41. The Morgan fingerprint density at radius 2 is 1.63 bits per heavy atom. The average Bonchev–Trinajstić information content (AvgIpc) is 3.17. The summed E-state index contributed by atoms with van der Waals surface area (Å²) < 4.78 is 99.2. The van der Waals surface area contributed by atoms with Crippen molar-refractivity contribution in [2.45, 2.75) is 30.7 Å². The molecule has 6 rings (SSSR count). The first-order chi connectivity index (χ1) is 28.3. The molecule has 2 aromatic heterocycles. The number of hydrogen-bond donors (Lipinski definition) is 6. The molecule has 1 saturated heterocycles. The van der Waals surface area contributed by atoms with Gasteiger partial charge in [0.15, 0.2) is 18.4 Å². The number of carbonyl (C=O) groups excluding carboxylic acids is 2. The van der Waals surface area contributed by atoms with Crippen molar-refractivity contribution in [2.75, 3.05) is 47.8 Å². The van der Waals surface area contributed by atoms with Crippen LogP contribution < -0.4 is 36.9 Å². The van der Waals surface area contributed by atoms with Gasteiger partial charge >= 0.3 is 0 Å². The molecule has 1 amide bonds. The summed E-state index contributed by atoms with van der Waals surface area (Å²) in [5, 5.41) is 16.4. The van der Waals surface area contributed by atoms with Gasteiger partial charge in [-0.1, -0.05) is 6.07 Å². The van der Waals surface area contributed by atoms with Crippen molar-refractivity contribution in [3.05, 3.63) is 105 Å². The molecule has 0 saturated carbocycles. The maximum absolute atomic E-state index is 15.3. The minimum absolute atomic E-state index is 0.0251. The molecule has 3 aromatic carbocycles. The number of ketones is 1. The largest absolute Gasteiger partial charge is 0.472 e. The van der Waals surface area contributed by atoms with Crippen molar-refractivity contribution >= 4 is 82.6 Å². The minimum atomic E-state index is -3.94. The van der Waals surface area contributed by atoms with Gasteiger partial charge in [-0.15, -0.1) is 0 Å². The fourth-order valence-electron chi connectivity index (χ4n) is 6.00. The number of nitrogens with two attached hydrogens (primary N) is 2. The zero-order valence-corrected chi connectivity index (χ0v) is 34.7. The summed E-state index contributed by atoms with van der Waals surface area (Å²) in [5.41, 5.74) is 5.21. The topological polar surface area (TPSA) is 267 Å². The van der Waals surface area contributed by atoms with Gasteiger partial charge in [0.2, 0.25) is 37.7 Å². The number of nitrogens with one attached hydrogen (secondary N) is 4. The Labute approximate surface area is 349 Å². The average molecular weight is 935 g/mol. The van der Waals surface area contributed by atoms with E-state index in [1.807, 2.05) is 0 Å². The van der Waals surface area contributed by atoms with Gasteiger partial charge in [-0.3, -0.25) is 9.59 Å². The van der Waals surface area contributed by atoms with E-state index in [1.165, 1.54) is 40.8 Å². The van der Waals surface area contributed by atoms with Crippen molar-refractivity contribution in [2.24, 2.45) is 5.14 Å². The maximum Gasteiger partial charge on any atom is 0.258 e. The van der Waals surface area contributed by atoms with Gasteiger partial charge in [0, 0.05) is 37.2 Å². The number of halogens is 4. The fraction of sp³-hybridized carbons (Fsp3) is 0.222. The zero-order chi connectivity index (χ0) is 43.5. The van der Waals surface area contributed by atoms with Crippen LogP contribution in [0.15, 0.2) is 70.3 Å². The third-order valence-corrected chi connectivity index (χ3v) is 11.9. The number of anilines is 6. The Hall–Kier alpha value is -5.95. The summed E-state index contributed by atoms with van der Waals surface area (Å²) in [6.45, 7) is 1.44. The van der Waals surface area contributed by atoms with E-state index in [4.69, 9.17) is 15.6 Å². The van der Waals surface area contributed by atoms with Gasteiger partial charge in [-0.05, 0) is 83.7 Å². The lowest BCUT2D eigenvalue weighted by Gasteiger charge is -2.30. The van der Waals surface area contributed by atoms with E-state index in [2.05, 4.69) is 57.1 Å². The molecule has 3 heterocycles. The van der Waals surface area contributed by atoms with Gasteiger partial charge in [-0.25, -0.2) is 49.4 Å². The molecule has 1 fully saturated rings. The molecule has 1 aliphatic heterocycles. The van der Waals surface area contributed by atoms with Crippen LogP contribution in [-0.2, 0) is 20.0 Å². The number of sulfonamides is 2. The molecule has 60 heavy (non-hydrogen) atoms. The quantitative estimate of drug-likeness (QED) is 0.0670. The first kappa shape index (κ1) is 43.6. The molecule has 0 atom stereocenters. The van der Waals surface area contributed by atoms with Crippen LogP contribution in [0.4, 0.5) is 48.1 Å². The summed E-state index contributed by atoms with van der Waals surface area (Å²) in [6, 6.07) is 9.34. The van der Waals surface area contributed by atoms with Crippen LogP contribution in [0, 0.1) is 24.4 Å². The molecular formula is C36H35BrF3N11O7S2. The van der Waals surface area contributed by atoms with Crippen LogP contribution >= 0.6 is 15.9 Å². The van der Waals surface area contributed by atoms with Crippen LogP contribution in [0.5, 0.6) is 5.75 Å². The Balaban J connectivity index is 1.14. The molecule has 18 nitrogen and oxygen atoms in total. The van der Waals surface area contributed by atoms with Gasteiger partial charge in [0.1, 0.15) is 28.8 Å². The van der Waals surface area contributed by atoms with Crippen molar-refractivity contribution in [1.29, 1.82) is 0 Å². The molecular weight excluding hydrogens is 899 g/mol. The number of nitrogens with zero attached hydrogens (tertiary/aromatic N) is 5. The highest BCUT2D eigenvalue weighted by molar-refractivity contribution is 9.10. The summed E-state index contributed by atoms with van der Waals surface area (Å²) in [7, 11) is -7.28. The molecule has 24 heteroatoms. The van der Waals surface area contributed by atoms with E-state index in [0.29, 0.717) is 34.6 Å². The van der Waals surface area contributed by atoms with Crippen LogP contribution in [0.1, 0.15) is 44.7 Å². The van der Waals surface area contributed by atoms with Crippen molar-refractivity contribution in [3.8, 4) is 5.75 Å². The highest BCUT2D eigenvalue weighted by atomic mass is 79.9. The number of carbonyl (C=O) groups is 2. The molecule has 8 N–H and O–H groups in total. The third-order valence-electron chi connectivity index (χ3n) is 9.07. The van der Waals surface area contributed by atoms with Crippen LogP contribution in [0.2, 0.25) is 0 Å². The van der Waals surface area contributed by atoms with Crippen LogP contribution in [0.3, 0.4) is 0 Å². The van der Waals surface area contributed by atoms with Crippen molar-refractivity contribution < 1.29 is 44.3 Å². The number of aryl methyl sites for hydroxylation is 1. The molecule has 316 valence electrons.